The highest BCUT2D eigenvalue weighted by atomic mass is 32.2. The third-order valence-electron chi connectivity index (χ3n) is 5.09. The topological polar surface area (TPSA) is 96.0 Å². The molecule has 0 fully saturated rings. The zero-order valence-electron chi connectivity index (χ0n) is 19.3. The average Bonchev–Trinajstić information content (AvgIpc) is 2.83. The standard InChI is InChI=1S/C25H27N3O5S/c1-19(29)26-21-9-15-24(16-10-21)34(31,32)28(22-11-13-23(33-3)14-12-22)18-25(30)27(2)17-20-7-5-4-6-8-20/h4-16H,17-18H2,1-3H3,(H,26,29). The molecule has 0 aliphatic carbocycles. The van der Waals surface area contributed by atoms with Crippen molar-refractivity contribution in [3.05, 3.63) is 84.4 Å². The van der Waals surface area contributed by atoms with Crippen LogP contribution in [0.4, 0.5) is 11.4 Å². The number of sulfonamides is 1. The monoisotopic (exact) mass is 481 g/mol. The molecule has 0 saturated carbocycles. The van der Waals surface area contributed by atoms with E-state index in [0.717, 1.165) is 9.87 Å². The molecule has 0 unspecified atom stereocenters. The van der Waals surface area contributed by atoms with Crippen LogP contribution in [0.3, 0.4) is 0 Å². The van der Waals surface area contributed by atoms with Crippen molar-refractivity contribution in [1.82, 2.24) is 4.90 Å². The number of likely N-dealkylation sites (N-methyl/N-ethyl adjacent to an activating group) is 1. The molecule has 0 saturated heterocycles. The van der Waals surface area contributed by atoms with E-state index in [0.29, 0.717) is 23.7 Å². The maximum Gasteiger partial charge on any atom is 0.264 e. The fraction of sp³-hybridized carbons (Fsp3) is 0.200. The Labute approximate surface area is 199 Å². The molecule has 0 aliphatic rings. The van der Waals surface area contributed by atoms with Crippen LogP contribution in [0.15, 0.2) is 83.8 Å². The molecule has 0 atom stereocenters. The number of nitrogens with zero attached hydrogens (tertiary/aromatic N) is 2. The van der Waals surface area contributed by atoms with E-state index in [1.54, 1.807) is 31.3 Å². The molecule has 0 radical (unpaired) electrons. The number of rotatable bonds is 9. The lowest BCUT2D eigenvalue weighted by Gasteiger charge is -2.27. The number of hydrogen-bond donors (Lipinski definition) is 1. The SMILES string of the molecule is COc1ccc(N(CC(=O)N(C)Cc2ccccc2)S(=O)(=O)c2ccc(NC(C)=O)cc2)cc1. The van der Waals surface area contributed by atoms with Gasteiger partial charge in [-0.1, -0.05) is 30.3 Å². The van der Waals surface area contributed by atoms with Crippen molar-refractivity contribution in [3.63, 3.8) is 0 Å². The summed E-state index contributed by atoms with van der Waals surface area (Å²) < 4.78 is 33.4. The van der Waals surface area contributed by atoms with E-state index >= 15 is 0 Å². The van der Waals surface area contributed by atoms with Crippen molar-refractivity contribution >= 4 is 33.2 Å². The first-order valence-corrected chi connectivity index (χ1v) is 12.0. The largest absolute Gasteiger partial charge is 0.497 e. The van der Waals surface area contributed by atoms with Gasteiger partial charge >= 0.3 is 0 Å². The molecule has 34 heavy (non-hydrogen) atoms. The first kappa shape index (κ1) is 24.8. The smallest absolute Gasteiger partial charge is 0.264 e. The summed E-state index contributed by atoms with van der Waals surface area (Å²) >= 11 is 0. The van der Waals surface area contributed by atoms with E-state index in [1.165, 1.54) is 43.2 Å². The Kier molecular flexibility index (Phi) is 7.91. The lowest BCUT2D eigenvalue weighted by Crippen LogP contribution is -2.41. The number of methoxy groups -OCH3 is 1. The van der Waals surface area contributed by atoms with Crippen LogP contribution in [0.5, 0.6) is 5.75 Å². The lowest BCUT2D eigenvalue weighted by atomic mass is 10.2. The number of anilines is 2. The summed E-state index contributed by atoms with van der Waals surface area (Å²) in [7, 11) is -0.937. The molecule has 3 rings (SSSR count). The van der Waals surface area contributed by atoms with E-state index in [2.05, 4.69) is 5.32 Å². The molecule has 3 aromatic carbocycles. The number of ether oxygens (including phenoxy) is 1. The first-order valence-electron chi connectivity index (χ1n) is 10.5. The maximum absolute atomic E-state index is 13.6. The van der Waals surface area contributed by atoms with Gasteiger partial charge in [-0.05, 0) is 54.1 Å². The summed E-state index contributed by atoms with van der Waals surface area (Å²) in [6.45, 7) is 1.33. The highest BCUT2D eigenvalue weighted by Gasteiger charge is 2.28. The van der Waals surface area contributed by atoms with Crippen molar-refractivity contribution in [2.45, 2.75) is 18.4 Å². The van der Waals surface area contributed by atoms with Crippen molar-refractivity contribution in [2.75, 3.05) is 30.3 Å². The fourth-order valence-electron chi connectivity index (χ4n) is 3.29. The van der Waals surface area contributed by atoms with Gasteiger partial charge in [-0.3, -0.25) is 13.9 Å². The zero-order valence-corrected chi connectivity index (χ0v) is 20.1. The Hall–Kier alpha value is -3.85. The fourth-order valence-corrected chi connectivity index (χ4v) is 4.71. The highest BCUT2D eigenvalue weighted by molar-refractivity contribution is 7.92. The van der Waals surface area contributed by atoms with Crippen LogP contribution in [0, 0.1) is 0 Å². The number of carbonyl (C=O) groups is 2. The van der Waals surface area contributed by atoms with Crippen molar-refractivity contribution in [2.24, 2.45) is 0 Å². The predicted molar refractivity (Wildman–Crippen MR) is 131 cm³/mol. The maximum atomic E-state index is 13.6. The summed E-state index contributed by atoms with van der Waals surface area (Å²) in [6, 6.07) is 21.7. The third kappa shape index (κ3) is 6.14. The molecule has 2 amide bonds. The first-order chi connectivity index (χ1) is 16.2. The number of carbonyl (C=O) groups excluding carboxylic acids is 2. The molecule has 0 spiro atoms. The molecule has 0 heterocycles. The minimum atomic E-state index is -4.09. The Morgan fingerprint density at radius 3 is 2.09 bits per heavy atom. The highest BCUT2D eigenvalue weighted by Crippen LogP contribution is 2.27. The molecule has 0 bridgehead atoms. The van der Waals surface area contributed by atoms with Gasteiger partial charge in [-0.2, -0.15) is 0 Å². The van der Waals surface area contributed by atoms with Gasteiger partial charge in [-0.15, -0.1) is 0 Å². The minimum Gasteiger partial charge on any atom is -0.497 e. The average molecular weight is 482 g/mol. The predicted octanol–water partition coefficient (Wildman–Crippen LogP) is 3.51. The van der Waals surface area contributed by atoms with Crippen LogP contribution in [0.1, 0.15) is 12.5 Å². The van der Waals surface area contributed by atoms with Gasteiger partial charge < -0.3 is 15.0 Å². The molecular weight excluding hydrogens is 454 g/mol. The van der Waals surface area contributed by atoms with E-state index in [-0.39, 0.29) is 23.3 Å². The quantitative estimate of drug-likeness (QED) is 0.505. The van der Waals surface area contributed by atoms with Gasteiger partial charge in [-0.25, -0.2) is 8.42 Å². The minimum absolute atomic E-state index is 0.00377. The van der Waals surface area contributed by atoms with Gasteiger partial charge in [0.25, 0.3) is 10.0 Å². The molecule has 3 aromatic rings. The second-order valence-corrected chi connectivity index (χ2v) is 9.51. The van der Waals surface area contributed by atoms with E-state index in [1.807, 2.05) is 30.3 Å². The zero-order chi connectivity index (χ0) is 24.7. The number of hydrogen-bond acceptors (Lipinski definition) is 5. The molecule has 178 valence electrons. The third-order valence-corrected chi connectivity index (χ3v) is 6.88. The van der Waals surface area contributed by atoms with Gasteiger partial charge in [0.05, 0.1) is 17.7 Å². The van der Waals surface area contributed by atoms with Crippen molar-refractivity contribution < 1.29 is 22.7 Å². The second-order valence-electron chi connectivity index (χ2n) is 7.65. The second kappa shape index (κ2) is 10.8. The van der Waals surface area contributed by atoms with Crippen LogP contribution in [-0.2, 0) is 26.2 Å². The van der Waals surface area contributed by atoms with Gasteiger partial charge in [0.1, 0.15) is 12.3 Å². The number of benzene rings is 3. The summed E-state index contributed by atoms with van der Waals surface area (Å²) in [5.74, 6) is -0.0612. The van der Waals surface area contributed by atoms with E-state index in [9.17, 15) is 18.0 Å². The lowest BCUT2D eigenvalue weighted by molar-refractivity contribution is -0.128. The summed E-state index contributed by atoms with van der Waals surface area (Å²) in [5.41, 5.74) is 1.74. The Morgan fingerprint density at radius 2 is 1.53 bits per heavy atom. The van der Waals surface area contributed by atoms with Gasteiger partial charge in [0.2, 0.25) is 11.8 Å². The number of amides is 2. The normalized spacial score (nSPS) is 10.9. The van der Waals surface area contributed by atoms with Crippen LogP contribution in [-0.4, -0.2) is 45.8 Å². The molecular formula is C25H27N3O5S. The Morgan fingerprint density at radius 1 is 0.912 bits per heavy atom. The van der Waals surface area contributed by atoms with E-state index in [4.69, 9.17) is 4.74 Å². The molecule has 0 aliphatic heterocycles. The van der Waals surface area contributed by atoms with Gasteiger partial charge in [0.15, 0.2) is 0 Å². The Balaban J connectivity index is 1.91. The van der Waals surface area contributed by atoms with Crippen molar-refractivity contribution in [1.29, 1.82) is 0 Å². The van der Waals surface area contributed by atoms with Crippen LogP contribution in [0.2, 0.25) is 0 Å². The van der Waals surface area contributed by atoms with Crippen LogP contribution >= 0.6 is 0 Å². The van der Waals surface area contributed by atoms with Crippen LogP contribution in [0.25, 0.3) is 0 Å². The van der Waals surface area contributed by atoms with Crippen molar-refractivity contribution in [3.8, 4) is 5.75 Å². The summed E-state index contributed by atoms with van der Waals surface area (Å²) in [6.07, 6.45) is 0. The van der Waals surface area contributed by atoms with E-state index < -0.39 is 10.0 Å². The molecule has 0 aromatic heterocycles. The summed E-state index contributed by atoms with van der Waals surface area (Å²) in [4.78, 5) is 25.8. The Bertz CT molecular complexity index is 1230. The van der Waals surface area contributed by atoms with Gasteiger partial charge in [0, 0.05) is 26.2 Å². The molecule has 9 heteroatoms. The molecule has 1 N–H and O–H groups in total. The van der Waals surface area contributed by atoms with Crippen LogP contribution < -0.4 is 14.4 Å². The number of nitrogens with one attached hydrogen (secondary N) is 1. The summed E-state index contributed by atoms with van der Waals surface area (Å²) in [5, 5.41) is 2.61. The molecule has 8 nitrogen and oxygen atoms in total.